The molecule has 0 saturated heterocycles. The van der Waals surface area contributed by atoms with E-state index in [1.165, 1.54) is 6.92 Å². The van der Waals surface area contributed by atoms with Gasteiger partial charge in [-0.1, -0.05) is 28.7 Å². The van der Waals surface area contributed by atoms with Crippen molar-refractivity contribution in [2.24, 2.45) is 0 Å². The van der Waals surface area contributed by atoms with Crippen LogP contribution in [0.15, 0.2) is 0 Å². The second-order valence-electron chi connectivity index (χ2n) is 2.59. The van der Waals surface area contributed by atoms with E-state index in [1.54, 1.807) is 0 Å². The zero-order valence-electron chi connectivity index (χ0n) is 7.12. The van der Waals surface area contributed by atoms with Crippen LogP contribution >= 0.6 is 28.7 Å². The van der Waals surface area contributed by atoms with Gasteiger partial charge in [0.15, 0.2) is 6.10 Å². The smallest absolute Gasteiger partial charge is 0.382 e. The molecule has 3 nitrogen and oxygen atoms in total. The van der Waals surface area contributed by atoms with Crippen LogP contribution in [-0.2, 0) is 4.79 Å². The lowest BCUT2D eigenvalue weighted by atomic mass is 10.3. The number of aliphatic hydroxyl groups is 1. The highest BCUT2D eigenvalue weighted by atomic mass is 79.9. The summed E-state index contributed by atoms with van der Waals surface area (Å²) in [6, 6.07) is 0. The van der Waals surface area contributed by atoms with Crippen molar-refractivity contribution in [3.05, 3.63) is 0 Å². The molecule has 0 radical (unpaired) electrons. The van der Waals surface area contributed by atoms with E-state index >= 15 is 0 Å². The van der Waals surface area contributed by atoms with Crippen LogP contribution in [0.3, 0.4) is 0 Å². The average molecular weight is 296 g/mol. The van der Waals surface area contributed by atoms with Gasteiger partial charge < -0.3 is 5.11 Å². The monoisotopic (exact) mass is 295 g/mol. The van der Waals surface area contributed by atoms with E-state index < -0.39 is 29.6 Å². The molecule has 84 valence electrons. The Morgan fingerprint density at radius 1 is 1.64 bits per heavy atom. The maximum absolute atomic E-state index is 11.8. The fourth-order valence-electron chi connectivity index (χ4n) is 0.563. The van der Waals surface area contributed by atoms with E-state index in [9.17, 15) is 18.0 Å². The van der Waals surface area contributed by atoms with Gasteiger partial charge in [-0.3, -0.25) is 9.10 Å². The standard InChI is InChI=1S/C6H9BrF3NO2S/c1-3(7)5(13)11(14)2-4(12)6(8,9)10/h3-4,12,14H,2H2,1H3. The maximum atomic E-state index is 11.8. The van der Waals surface area contributed by atoms with Gasteiger partial charge in [0.2, 0.25) is 5.91 Å². The zero-order chi connectivity index (χ0) is 11.5. The lowest BCUT2D eigenvalue weighted by Crippen LogP contribution is -2.41. The van der Waals surface area contributed by atoms with Gasteiger partial charge in [0.25, 0.3) is 0 Å². The Kier molecular flexibility index (Phi) is 5.24. The fourth-order valence-corrected chi connectivity index (χ4v) is 1.30. The summed E-state index contributed by atoms with van der Waals surface area (Å²) in [5.41, 5.74) is 0. The number of amides is 1. The summed E-state index contributed by atoms with van der Waals surface area (Å²) in [6.07, 6.45) is -7.31. The molecular formula is C6H9BrF3NO2S. The number of carbonyl (C=O) groups is 1. The Morgan fingerprint density at radius 3 is 2.36 bits per heavy atom. The lowest BCUT2D eigenvalue weighted by molar-refractivity contribution is -0.205. The minimum atomic E-state index is -4.74. The number of alkyl halides is 4. The number of halogens is 4. The van der Waals surface area contributed by atoms with E-state index in [1.807, 2.05) is 0 Å². The molecule has 0 aliphatic heterocycles. The van der Waals surface area contributed by atoms with Gasteiger partial charge in [0.1, 0.15) is 0 Å². The summed E-state index contributed by atoms with van der Waals surface area (Å²) in [6.45, 7) is 0.562. The molecule has 0 bridgehead atoms. The molecule has 0 aromatic carbocycles. The predicted molar refractivity (Wildman–Crippen MR) is 51.1 cm³/mol. The minimum Gasteiger partial charge on any atom is -0.382 e. The summed E-state index contributed by atoms with van der Waals surface area (Å²) < 4.78 is 36.0. The van der Waals surface area contributed by atoms with Crippen molar-refractivity contribution in [3.8, 4) is 0 Å². The number of carbonyl (C=O) groups excluding carboxylic acids is 1. The molecule has 14 heavy (non-hydrogen) atoms. The van der Waals surface area contributed by atoms with E-state index in [-0.39, 0.29) is 0 Å². The third-order valence-corrected chi connectivity index (χ3v) is 2.07. The van der Waals surface area contributed by atoms with Crippen LogP contribution in [0.4, 0.5) is 13.2 Å². The molecule has 0 aliphatic rings. The molecule has 0 saturated carbocycles. The van der Waals surface area contributed by atoms with Gasteiger partial charge in [-0.2, -0.15) is 13.2 Å². The lowest BCUT2D eigenvalue weighted by Gasteiger charge is -2.21. The number of rotatable bonds is 3. The Bertz CT molecular complexity index is 212. The summed E-state index contributed by atoms with van der Waals surface area (Å²) in [7, 11) is 0. The van der Waals surface area contributed by atoms with Crippen LogP contribution < -0.4 is 0 Å². The number of nitrogens with zero attached hydrogens (tertiary/aromatic N) is 1. The molecule has 0 aliphatic carbocycles. The van der Waals surface area contributed by atoms with Crippen molar-refractivity contribution in [1.82, 2.24) is 4.31 Å². The van der Waals surface area contributed by atoms with E-state index in [4.69, 9.17) is 5.11 Å². The van der Waals surface area contributed by atoms with Crippen molar-refractivity contribution < 1.29 is 23.1 Å². The Hall–Kier alpha value is 0.0500. The van der Waals surface area contributed by atoms with Crippen molar-refractivity contribution >= 4 is 34.7 Å². The molecule has 8 heteroatoms. The Balaban J connectivity index is 4.20. The van der Waals surface area contributed by atoms with Crippen LogP contribution in [0.2, 0.25) is 0 Å². The van der Waals surface area contributed by atoms with Crippen molar-refractivity contribution in [2.45, 2.75) is 24.0 Å². The number of aliphatic hydroxyl groups excluding tert-OH is 1. The van der Waals surface area contributed by atoms with E-state index in [0.717, 1.165) is 0 Å². The van der Waals surface area contributed by atoms with Gasteiger partial charge in [-0.25, -0.2) is 0 Å². The highest BCUT2D eigenvalue weighted by molar-refractivity contribution is 9.10. The van der Waals surface area contributed by atoms with Gasteiger partial charge in [0.05, 0.1) is 11.4 Å². The third-order valence-electron chi connectivity index (χ3n) is 1.32. The Labute approximate surface area is 92.9 Å². The first kappa shape index (κ1) is 14.1. The van der Waals surface area contributed by atoms with Crippen molar-refractivity contribution in [2.75, 3.05) is 6.54 Å². The van der Waals surface area contributed by atoms with Crippen LogP contribution in [0.1, 0.15) is 6.92 Å². The number of hydrogen-bond acceptors (Lipinski definition) is 3. The molecular weight excluding hydrogens is 287 g/mol. The Morgan fingerprint density at radius 2 is 2.07 bits per heavy atom. The van der Waals surface area contributed by atoms with Crippen LogP contribution in [-0.4, -0.2) is 39.0 Å². The molecule has 2 unspecified atom stereocenters. The number of hydrogen-bond donors (Lipinski definition) is 2. The van der Waals surface area contributed by atoms with Crippen LogP contribution in [0.5, 0.6) is 0 Å². The van der Waals surface area contributed by atoms with E-state index in [0.29, 0.717) is 4.31 Å². The van der Waals surface area contributed by atoms with Gasteiger partial charge in [0, 0.05) is 0 Å². The van der Waals surface area contributed by atoms with Gasteiger partial charge >= 0.3 is 6.18 Å². The predicted octanol–water partition coefficient (Wildman–Crippen LogP) is 1.37. The van der Waals surface area contributed by atoms with Crippen LogP contribution in [0.25, 0.3) is 0 Å². The number of thiol groups is 1. The molecule has 0 spiro atoms. The minimum absolute atomic E-state index is 0.525. The molecule has 0 aromatic heterocycles. The summed E-state index contributed by atoms with van der Waals surface area (Å²) in [4.78, 5) is 10.4. The summed E-state index contributed by atoms with van der Waals surface area (Å²) in [5.74, 6) is -0.642. The molecule has 2 atom stereocenters. The highest BCUT2D eigenvalue weighted by Gasteiger charge is 2.39. The topological polar surface area (TPSA) is 40.5 Å². The average Bonchev–Trinajstić information content (AvgIpc) is 2.00. The quantitative estimate of drug-likeness (QED) is 0.610. The molecule has 0 fully saturated rings. The third kappa shape index (κ3) is 4.52. The maximum Gasteiger partial charge on any atom is 0.416 e. The second kappa shape index (κ2) is 5.22. The first-order valence-electron chi connectivity index (χ1n) is 3.55. The zero-order valence-corrected chi connectivity index (χ0v) is 9.60. The molecule has 0 rings (SSSR count). The van der Waals surface area contributed by atoms with Gasteiger partial charge in [-0.15, -0.1) is 0 Å². The van der Waals surface area contributed by atoms with Gasteiger partial charge in [-0.05, 0) is 6.92 Å². The molecule has 1 N–H and O–H groups in total. The normalized spacial score (nSPS) is 16.2. The van der Waals surface area contributed by atoms with E-state index in [2.05, 4.69) is 28.7 Å². The van der Waals surface area contributed by atoms with Crippen LogP contribution in [0, 0.1) is 0 Å². The highest BCUT2D eigenvalue weighted by Crippen LogP contribution is 2.21. The van der Waals surface area contributed by atoms with Crippen molar-refractivity contribution in [1.29, 1.82) is 0 Å². The first-order chi connectivity index (χ1) is 6.16. The largest absolute Gasteiger partial charge is 0.416 e. The first-order valence-corrected chi connectivity index (χ1v) is 4.87. The van der Waals surface area contributed by atoms with Crippen molar-refractivity contribution in [3.63, 3.8) is 0 Å². The SMILES string of the molecule is CC(Br)C(=O)N(S)CC(O)C(F)(F)F. The molecule has 0 aromatic rings. The molecule has 0 heterocycles. The fraction of sp³-hybridized carbons (Fsp3) is 0.833. The second-order valence-corrected chi connectivity index (χ2v) is 4.45. The summed E-state index contributed by atoms with van der Waals surface area (Å²) in [5, 5.41) is 8.60. The molecule has 1 amide bonds. The summed E-state index contributed by atoms with van der Waals surface area (Å²) >= 11 is 6.41.